The summed E-state index contributed by atoms with van der Waals surface area (Å²) in [4.78, 5) is 28.5. The van der Waals surface area contributed by atoms with Gasteiger partial charge < -0.3 is 10.6 Å². The highest BCUT2D eigenvalue weighted by Crippen LogP contribution is 2.37. The molecule has 230 valence electrons. The van der Waals surface area contributed by atoms with Gasteiger partial charge in [0, 0.05) is 41.9 Å². The molecule has 0 bridgehead atoms. The van der Waals surface area contributed by atoms with Crippen molar-refractivity contribution in [1.29, 1.82) is 0 Å². The minimum Gasteiger partial charge on any atom is -0.355 e. The predicted octanol–water partition coefficient (Wildman–Crippen LogP) is 8.95. The lowest BCUT2D eigenvalue weighted by Gasteiger charge is -2.31. The first-order valence-electron chi connectivity index (χ1n) is 15.0. The number of carbonyl (C=O) groups excluding carboxylic acids is 2. The summed E-state index contributed by atoms with van der Waals surface area (Å²) in [6.45, 7) is 9.03. The molecule has 2 N–H and O–H groups in total. The summed E-state index contributed by atoms with van der Waals surface area (Å²) in [6, 6.07) is 3.49. The minimum atomic E-state index is -0.164. The van der Waals surface area contributed by atoms with Crippen LogP contribution in [0.4, 0.5) is 0 Å². The molecule has 0 saturated heterocycles. The Morgan fingerprint density at radius 3 is 1.95 bits per heavy atom. The number of rotatable bonds is 22. The predicted molar refractivity (Wildman–Crippen MR) is 186 cm³/mol. The van der Waals surface area contributed by atoms with Gasteiger partial charge in [0.2, 0.25) is 5.91 Å². The summed E-state index contributed by atoms with van der Waals surface area (Å²) in [7, 11) is 3.43. The highest BCUT2D eigenvalue weighted by Gasteiger charge is 2.28. The van der Waals surface area contributed by atoms with Gasteiger partial charge in [-0.2, -0.15) is 0 Å². The second kappa shape index (κ2) is 24.8. The van der Waals surface area contributed by atoms with Gasteiger partial charge >= 0.3 is 0 Å². The Bertz CT molecular complexity index is 1040. The van der Waals surface area contributed by atoms with Crippen molar-refractivity contribution < 1.29 is 9.59 Å². The molecule has 2 amide bonds. The summed E-state index contributed by atoms with van der Waals surface area (Å²) in [5, 5.41) is 6.06. The number of nitrogens with zero attached hydrogens (tertiary/aromatic N) is 1. The maximum atomic E-state index is 12.4. The van der Waals surface area contributed by atoms with Crippen LogP contribution in [0.1, 0.15) is 89.4 Å². The van der Waals surface area contributed by atoms with Gasteiger partial charge in [0.05, 0.1) is 5.56 Å². The SMILES string of the molecule is CC/C=C\C/C=C\C/C=C\C/C=C\C/C=C\C/C=C\CCC(=O)NCCSSC(C)(C)[C@@H](C)NC(=O)c1cccnc1. The van der Waals surface area contributed by atoms with Crippen molar-refractivity contribution >= 4 is 33.4 Å². The fourth-order valence-electron chi connectivity index (χ4n) is 3.39. The number of pyridine rings is 1. The van der Waals surface area contributed by atoms with E-state index in [1.807, 2.05) is 6.92 Å². The van der Waals surface area contributed by atoms with Crippen molar-refractivity contribution in [3.05, 3.63) is 103 Å². The molecule has 0 aliphatic heterocycles. The van der Waals surface area contributed by atoms with Gasteiger partial charge in [0.1, 0.15) is 0 Å². The lowest BCUT2D eigenvalue weighted by molar-refractivity contribution is -0.120. The monoisotopic (exact) mass is 609 g/mol. The van der Waals surface area contributed by atoms with Crippen LogP contribution in [0.3, 0.4) is 0 Å². The Kier molecular flexibility index (Phi) is 22.0. The molecule has 0 fully saturated rings. The first-order chi connectivity index (χ1) is 20.4. The molecule has 0 unspecified atom stereocenters. The Hall–Kier alpha value is -2.77. The highest BCUT2D eigenvalue weighted by molar-refractivity contribution is 8.77. The number of hydrogen-bond acceptors (Lipinski definition) is 5. The molecule has 1 atom stereocenters. The number of amides is 2. The first kappa shape index (κ1) is 37.3. The smallest absolute Gasteiger partial charge is 0.253 e. The van der Waals surface area contributed by atoms with Crippen molar-refractivity contribution in [1.82, 2.24) is 15.6 Å². The van der Waals surface area contributed by atoms with E-state index in [2.05, 4.69) is 109 Å². The fourth-order valence-corrected chi connectivity index (χ4v) is 6.01. The van der Waals surface area contributed by atoms with Gasteiger partial charge in [0.25, 0.3) is 5.91 Å². The Labute approximate surface area is 263 Å². The van der Waals surface area contributed by atoms with Crippen molar-refractivity contribution in [2.75, 3.05) is 12.3 Å². The summed E-state index contributed by atoms with van der Waals surface area (Å²) in [5.74, 6) is 0.771. The Balaban J connectivity index is 2.04. The second-order valence-electron chi connectivity index (χ2n) is 10.2. The number of nitrogens with one attached hydrogen (secondary N) is 2. The highest BCUT2D eigenvalue weighted by atomic mass is 33.1. The zero-order valence-corrected chi connectivity index (χ0v) is 27.6. The van der Waals surface area contributed by atoms with E-state index >= 15 is 0 Å². The molecule has 1 aromatic rings. The zero-order valence-electron chi connectivity index (χ0n) is 26.0. The van der Waals surface area contributed by atoms with E-state index in [-0.39, 0.29) is 22.6 Å². The molecule has 0 saturated carbocycles. The van der Waals surface area contributed by atoms with E-state index < -0.39 is 0 Å². The average Bonchev–Trinajstić information content (AvgIpc) is 2.98. The lowest BCUT2D eigenvalue weighted by Crippen LogP contribution is -2.45. The largest absolute Gasteiger partial charge is 0.355 e. The van der Waals surface area contributed by atoms with Gasteiger partial charge in [-0.15, -0.1) is 0 Å². The van der Waals surface area contributed by atoms with E-state index in [1.54, 1.807) is 46.1 Å². The van der Waals surface area contributed by atoms with Crippen molar-refractivity contribution in [2.45, 2.75) is 89.9 Å². The summed E-state index contributed by atoms with van der Waals surface area (Å²) < 4.78 is -0.164. The molecule has 0 aromatic carbocycles. The normalized spacial score (nSPS) is 13.4. The van der Waals surface area contributed by atoms with Crippen LogP contribution in [0.2, 0.25) is 0 Å². The van der Waals surface area contributed by atoms with Crippen LogP contribution in [0, 0.1) is 0 Å². The van der Waals surface area contributed by atoms with Crippen LogP contribution in [0.15, 0.2) is 97.4 Å². The van der Waals surface area contributed by atoms with Crippen LogP contribution < -0.4 is 10.6 Å². The lowest BCUT2D eigenvalue weighted by atomic mass is 10.0. The van der Waals surface area contributed by atoms with Crippen molar-refractivity contribution in [3.8, 4) is 0 Å². The van der Waals surface area contributed by atoms with Crippen LogP contribution in [-0.2, 0) is 4.79 Å². The molecule has 5 nitrogen and oxygen atoms in total. The van der Waals surface area contributed by atoms with E-state index in [9.17, 15) is 9.59 Å². The summed E-state index contributed by atoms with van der Waals surface area (Å²) in [5.41, 5.74) is 0.560. The van der Waals surface area contributed by atoms with E-state index in [4.69, 9.17) is 0 Å². The quantitative estimate of drug-likeness (QED) is 0.0780. The average molecular weight is 610 g/mol. The molecule has 1 heterocycles. The van der Waals surface area contributed by atoms with E-state index in [0.29, 0.717) is 18.5 Å². The fraction of sp³-hybridized carbons (Fsp3) is 0.457. The third-order valence-electron chi connectivity index (χ3n) is 6.23. The summed E-state index contributed by atoms with van der Waals surface area (Å²) >= 11 is 0. The van der Waals surface area contributed by atoms with E-state index in [1.165, 1.54) is 0 Å². The van der Waals surface area contributed by atoms with Gasteiger partial charge in [-0.05, 0) is 77.8 Å². The molecule has 0 aliphatic carbocycles. The molecular weight excluding hydrogens is 559 g/mol. The molecule has 0 radical (unpaired) electrons. The van der Waals surface area contributed by atoms with Gasteiger partial charge in [0.15, 0.2) is 0 Å². The number of aromatic nitrogens is 1. The molecule has 1 rings (SSSR count). The maximum Gasteiger partial charge on any atom is 0.253 e. The number of carbonyl (C=O) groups is 2. The minimum absolute atomic E-state index is 0.0290. The third kappa shape index (κ3) is 20.2. The maximum absolute atomic E-state index is 12.4. The topological polar surface area (TPSA) is 71.1 Å². The van der Waals surface area contributed by atoms with Crippen molar-refractivity contribution in [3.63, 3.8) is 0 Å². The standard InChI is InChI=1S/C35H51N3O2S2/c1-5-6-7-8-9-10-11-12-13-14-15-16-17-18-19-20-21-22-23-26-33(39)37-28-29-41-42-35(3,4)31(2)38-34(40)32-25-24-27-36-30-32/h6-7,9-10,12-13,15-16,18-19,21-22,24-25,27,30-31H,5,8,11,14,17,20,23,26,28-29H2,1-4H3,(H,37,39)(H,38,40)/b7-6-,10-9-,13-12-,16-15-,19-18-,22-21-/t31-/m1/s1. The molecule has 0 aliphatic rings. The molecule has 7 heteroatoms. The van der Waals surface area contributed by atoms with Crippen LogP contribution in [0.5, 0.6) is 0 Å². The number of allylic oxidation sites excluding steroid dienone is 12. The zero-order chi connectivity index (χ0) is 30.7. The summed E-state index contributed by atoms with van der Waals surface area (Å²) in [6.07, 6.45) is 36.6. The van der Waals surface area contributed by atoms with Crippen LogP contribution in [-0.4, -0.2) is 39.9 Å². The van der Waals surface area contributed by atoms with Crippen molar-refractivity contribution in [2.24, 2.45) is 0 Å². The third-order valence-corrected chi connectivity index (χ3v) is 9.64. The first-order valence-corrected chi connectivity index (χ1v) is 17.4. The van der Waals surface area contributed by atoms with E-state index in [0.717, 1.165) is 50.7 Å². The van der Waals surface area contributed by atoms with Gasteiger partial charge in [-0.25, -0.2) is 0 Å². The molecular formula is C35H51N3O2S2. The molecule has 1 aromatic heterocycles. The van der Waals surface area contributed by atoms with Gasteiger partial charge in [-0.3, -0.25) is 14.6 Å². The molecule has 42 heavy (non-hydrogen) atoms. The van der Waals surface area contributed by atoms with Crippen LogP contribution >= 0.6 is 21.6 Å². The van der Waals surface area contributed by atoms with Gasteiger partial charge in [-0.1, -0.05) is 101 Å². The Morgan fingerprint density at radius 2 is 1.43 bits per heavy atom. The number of hydrogen-bond donors (Lipinski definition) is 2. The van der Waals surface area contributed by atoms with Crippen LogP contribution in [0.25, 0.3) is 0 Å². The second-order valence-corrected chi connectivity index (χ2v) is 13.3. The Morgan fingerprint density at radius 1 is 0.881 bits per heavy atom. The molecule has 0 spiro atoms.